The largest absolute Gasteiger partial charge is 0.349 e. The molecule has 1 amide bonds. The molecule has 1 atom stereocenters. The van der Waals surface area contributed by atoms with Gasteiger partial charge in [-0.3, -0.25) is 4.79 Å². The van der Waals surface area contributed by atoms with E-state index in [1.807, 2.05) is 0 Å². The molecule has 0 aliphatic heterocycles. The lowest BCUT2D eigenvalue weighted by atomic mass is 9.89. The number of carbonyl (C=O) groups is 1. The van der Waals surface area contributed by atoms with Gasteiger partial charge in [-0.05, 0) is 18.8 Å². The maximum atomic E-state index is 11.7. The van der Waals surface area contributed by atoms with Gasteiger partial charge in [0.05, 0.1) is 6.07 Å². The summed E-state index contributed by atoms with van der Waals surface area (Å²) >= 11 is 0. The predicted octanol–water partition coefficient (Wildman–Crippen LogP) is 2.04. The Kier molecular flexibility index (Phi) is 5.94. The SMILES string of the molecule is CC(C)C(CCCC#N)C(=O)N(C)C. The first-order valence-electron chi connectivity index (χ1n) is 5.08. The van der Waals surface area contributed by atoms with Crippen molar-refractivity contribution in [2.45, 2.75) is 33.1 Å². The van der Waals surface area contributed by atoms with Gasteiger partial charge in [0.2, 0.25) is 5.91 Å². The molecule has 0 fully saturated rings. The van der Waals surface area contributed by atoms with Crippen molar-refractivity contribution >= 4 is 5.91 Å². The van der Waals surface area contributed by atoms with Crippen LogP contribution >= 0.6 is 0 Å². The number of nitriles is 1. The number of amides is 1. The van der Waals surface area contributed by atoms with Crippen molar-refractivity contribution in [1.82, 2.24) is 4.90 Å². The van der Waals surface area contributed by atoms with Crippen molar-refractivity contribution < 1.29 is 4.79 Å². The molecular formula is C11H20N2O. The molecule has 0 aliphatic rings. The van der Waals surface area contributed by atoms with E-state index in [-0.39, 0.29) is 11.8 Å². The maximum absolute atomic E-state index is 11.7. The second kappa shape index (κ2) is 6.42. The van der Waals surface area contributed by atoms with Gasteiger partial charge >= 0.3 is 0 Å². The summed E-state index contributed by atoms with van der Waals surface area (Å²) in [7, 11) is 3.56. The molecule has 0 N–H and O–H groups in total. The molecule has 80 valence electrons. The Balaban J connectivity index is 4.17. The second-order valence-electron chi connectivity index (χ2n) is 4.13. The topological polar surface area (TPSA) is 44.1 Å². The Morgan fingerprint density at radius 3 is 2.36 bits per heavy atom. The fourth-order valence-corrected chi connectivity index (χ4v) is 1.47. The van der Waals surface area contributed by atoms with Gasteiger partial charge in [0.25, 0.3) is 0 Å². The third kappa shape index (κ3) is 4.27. The van der Waals surface area contributed by atoms with Crippen molar-refractivity contribution in [2.75, 3.05) is 14.1 Å². The molecule has 0 aromatic rings. The molecule has 0 radical (unpaired) electrons. The van der Waals surface area contributed by atoms with Gasteiger partial charge in [-0.1, -0.05) is 13.8 Å². The average molecular weight is 196 g/mol. The van der Waals surface area contributed by atoms with Crippen molar-refractivity contribution in [3.8, 4) is 6.07 Å². The summed E-state index contributed by atoms with van der Waals surface area (Å²) in [6, 6.07) is 2.11. The highest BCUT2D eigenvalue weighted by molar-refractivity contribution is 5.78. The number of rotatable bonds is 5. The molecule has 0 bridgehead atoms. The van der Waals surface area contributed by atoms with E-state index in [9.17, 15) is 4.79 Å². The number of hydrogen-bond acceptors (Lipinski definition) is 2. The molecule has 1 unspecified atom stereocenters. The molecule has 0 aromatic heterocycles. The minimum absolute atomic E-state index is 0.0679. The summed E-state index contributed by atoms with van der Waals surface area (Å²) < 4.78 is 0. The molecule has 0 saturated carbocycles. The van der Waals surface area contributed by atoms with E-state index in [0.29, 0.717) is 12.3 Å². The molecule has 0 spiro atoms. The molecule has 0 aliphatic carbocycles. The lowest BCUT2D eigenvalue weighted by molar-refractivity contribution is -0.134. The highest BCUT2D eigenvalue weighted by atomic mass is 16.2. The third-order valence-electron chi connectivity index (χ3n) is 2.37. The Morgan fingerprint density at radius 2 is 2.00 bits per heavy atom. The zero-order chi connectivity index (χ0) is 11.1. The Bertz CT molecular complexity index is 216. The molecular weight excluding hydrogens is 176 g/mol. The number of carbonyl (C=O) groups excluding carboxylic acids is 1. The Hall–Kier alpha value is -1.04. The van der Waals surface area contributed by atoms with Crippen molar-refractivity contribution in [2.24, 2.45) is 11.8 Å². The van der Waals surface area contributed by atoms with Gasteiger partial charge in [-0.2, -0.15) is 5.26 Å². The van der Waals surface area contributed by atoms with Crippen LogP contribution in [0.25, 0.3) is 0 Å². The Labute approximate surface area is 86.7 Å². The first-order chi connectivity index (χ1) is 6.50. The summed E-state index contributed by atoms with van der Waals surface area (Å²) in [6.45, 7) is 4.11. The molecule has 0 saturated heterocycles. The van der Waals surface area contributed by atoms with Gasteiger partial charge < -0.3 is 4.90 Å². The van der Waals surface area contributed by atoms with Gasteiger partial charge in [0, 0.05) is 26.4 Å². The van der Waals surface area contributed by atoms with Gasteiger partial charge in [-0.15, -0.1) is 0 Å². The zero-order valence-corrected chi connectivity index (χ0v) is 9.58. The van der Waals surface area contributed by atoms with E-state index in [1.165, 1.54) is 0 Å². The highest BCUT2D eigenvalue weighted by Gasteiger charge is 2.22. The monoisotopic (exact) mass is 196 g/mol. The quantitative estimate of drug-likeness (QED) is 0.631. The molecule has 0 aromatic carbocycles. The van der Waals surface area contributed by atoms with Crippen LogP contribution in [0.3, 0.4) is 0 Å². The van der Waals surface area contributed by atoms with Crippen LogP contribution in [-0.4, -0.2) is 24.9 Å². The van der Waals surface area contributed by atoms with E-state index in [0.717, 1.165) is 12.8 Å². The summed E-state index contributed by atoms with van der Waals surface area (Å²) in [4.78, 5) is 13.4. The predicted molar refractivity (Wildman–Crippen MR) is 56.5 cm³/mol. The minimum atomic E-state index is 0.0679. The van der Waals surface area contributed by atoms with Crippen molar-refractivity contribution in [1.29, 1.82) is 5.26 Å². The zero-order valence-electron chi connectivity index (χ0n) is 9.58. The average Bonchev–Trinajstić information content (AvgIpc) is 2.10. The van der Waals surface area contributed by atoms with Crippen LogP contribution in [-0.2, 0) is 4.79 Å². The van der Waals surface area contributed by atoms with E-state index in [1.54, 1.807) is 19.0 Å². The molecule has 3 nitrogen and oxygen atoms in total. The number of hydrogen-bond donors (Lipinski definition) is 0. The number of nitrogens with zero attached hydrogens (tertiary/aromatic N) is 2. The van der Waals surface area contributed by atoms with Crippen LogP contribution in [0.4, 0.5) is 0 Å². The van der Waals surface area contributed by atoms with Gasteiger partial charge in [0.1, 0.15) is 0 Å². The summed E-state index contributed by atoms with van der Waals surface area (Å²) in [6.07, 6.45) is 2.19. The van der Waals surface area contributed by atoms with Crippen LogP contribution in [0.5, 0.6) is 0 Å². The summed E-state index contributed by atoms with van der Waals surface area (Å²) in [5, 5.41) is 8.42. The fourth-order valence-electron chi connectivity index (χ4n) is 1.47. The fraction of sp³-hybridized carbons (Fsp3) is 0.818. The van der Waals surface area contributed by atoms with E-state index in [4.69, 9.17) is 5.26 Å². The van der Waals surface area contributed by atoms with E-state index >= 15 is 0 Å². The maximum Gasteiger partial charge on any atom is 0.225 e. The van der Waals surface area contributed by atoms with Crippen LogP contribution in [0, 0.1) is 23.2 Å². The van der Waals surface area contributed by atoms with Gasteiger partial charge in [0.15, 0.2) is 0 Å². The van der Waals surface area contributed by atoms with Crippen LogP contribution in [0.1, 0.15) is 33.1 Å². The molecule has 3 heteroatoms. The van der Waals surface area contributed by atoms with Crippen molar-refractivity contribution in [3.63, 3.8) is 0 Å². The standard InChI is InChI=1S/C11H20N2O/c1-9(2)10(7-5-6-8-12)11(14)13(3)4/h9-10H,5-7H2,1-4H3. The van der Waals surface area contributed by atoms with Crippen LogP contribution in [0.2, 0.25) is 0 Å². The lowest BCUT2D eigenvalue weighted by Crippen LogP contribution is -2.32. The molecule has 0 rings (SSSR count). The van der Waals surface area contributed by atoms with Crippen molar-refractivity contribution in [3.05, 3.63) is 0 Å². The Morgan fingerprint density at radius 1 is 1.43 bits per heavy atom. The van der Waals surface area contributed by atoms with Crippen LogP contribution < -0.4 is 0 Å². The van der Waals surface area contributed by atoms with Gasteiger partial charge in [-0.25, -0.2) is 0 Å². The summed E-state index contributed by atoms with van der Waals surface area (Å²) in [5.41, 5.74) is 0. The first kappa shape index (κ1) is 13.0. The second-order valence-corrected chi connectivity index (χ2v) is 4.13. The van der Waals surface area contributed by atoms with Crippen LogP contribution in [0.15, 0.2) is 0 Å². The molecule has 0 heterocycles. The minimum Gasteiger partial charge on any atom is -0.349 e. The molecule has 14 heavy (non-hydrogen) atoms. The summed E-state index contributed by atoms with van der Waals surface area (Å²) in [5.74, 6) is 0.597. The van der Waals surface area contributed by atoms with E-state index < -0.39 is 0 Å². The lowest BCUT2D eigenvalue weighted by Gasteiger charge is -2.23. The number of unbranched alkanes of at least 4 members (excludes halogenated alkanes) is 1. The first-order valence-corrected chi connectivity index (χ1v) is 5.08. The smallest absolute Gasteiger partial charge is 0.225 e. The normalized spacial score (nSPS) is 12.3. The highest BCUT2D eigenvalue weighted by Crippen LogP contribution is 2.19. The van der Waals surface area contributed by atoms with E-state index in [2.05, 4.69) is 19.9 Å². The third-order valence-corrected chi connectivity index (χ3v) is 2.37.